The van der Waals surface area contributed by atoms with Crippen molar-refractivity contribution in [3.8, 4) is 5.75 Å². The van der Waals surface area contributed by atoms with E-state index in [-0.39, 0.29) is 10.6 Å². The largest absolute Gasteiger partial charge is 0.474 e. The second-order valence-corrected chi connectivity index (χ2v) is 6.01. The summed E-state index contributed by atoms with van der Waals surface area (Å²) in [5, 5.41) is 14.1. The molecule has 0 bridgehead atoms. The molecule has 0 aromatic heterocycles. The van der Waals surface area contributed by atoms with E-state index in [1.165, 1.54) is 0 Å². The first-order chi connectivity index (χ1) is 11.6. The number of hydrogen-bond donors (Lipinski definition) is 0. The summed E-state index contributed by atoms with van der Waals surface area (Å²) in [4.78, 5) is 11.2. The SMILES string of the molecule is O=[N+]([O-])C1=Cc2c(ccc3ccccc23)O[C@@H]1c1ccc(Cl)cc1. The monoisotopic (exact) mass is 337 g/mol. The van der Waals surface area contributed by atoms with Gasteiger partial charge in [0.25, 0.3) is 5.70 Å². The molecular weight excluding hydrogens is 326 g/mol. The van der Waals surface area contributed by atoms with Crippen LogP contribution in [0.4, 0.5) is 0 Å². The lowest BCUT2D eigenvalue weighted by Gasteiger charge is -2.23. The van der Waals surface area contributed by atoms with Crippen molar-refractivity contribution in [2.24, 2.45) is 0 Å². The van der Waals surface area contributed by atoms with E-state index in [1.807, 2.05) is 36.4 Å². The van der Waals surface area contributed by atoms with Gasteiger partial charge in [-0.1, -0.05) is 54.1 Å². The fraction of sp³-hybridized carbons (Fsp3) is 0.0526. The van der Waals surface area contributed by atoms with E-state index in [9.17, 15) is 10.1 Å². The van der Waals surface area contributed by atoms with Gasteiger partial charge in [-0.2, -0.15) is 0 Å². The Morgan fingerprint density at radius 2 is 1.75 bits per heavy atom. The van der Waals surface area contributed by atoms with E-state index in [2.05, 4.69) is 0 Å². The van der Waals surface area contributed by atoms with Crippen LogP contribution in [0.25, 0.3) is 16.8 Å². The van der Waals surface area contributed by atoms with Gasteiger partial charge in [0.15, 0.2) is 0 Å². The molecule has 4 rings (SSSR count). The number of fused-ring (bicyclic) bond motifs is 3. The van der Waals surface area contributed by atoms with Crippen LogP contribution in [0.2, 0.25) is 5.02 Å². The zero-order valence-electron chi connectivity index (χ0n) is 12.5. The van der Waals surface area contributed by atoms with Crippen LogP contribution in [0, 0.1) is 10.1 Å². The molecule has 0 saturated carbocycles. The molecule has 0 N–H and O–H groups in total. The average Bonchev–Trinajstić information content (AvgIpc) is 2.61. The number of nitrogens with zero attached hydrogens (tertiary/aromatic N) is 1. The van der Waals surface area contributed by atoms with E-state index in [0.29, 0.717) is 16.3 Å². The maximum atomic E-state index is 11.6. The van der Waals surface area contributed by atoms with Gasteiger partial charge in [0.1, 0.15) is 5.75 Å². The lowest BCUT2D eigenvalue weighted by atomic mass is 9.97. The maximum absolute atomic E-state index is 11.6. The molecule has 1 heterocycles. The molecule has 0 aliphatic carbocycles. The van der Waals surface area contributed by atoms with Crippen LogP contribution >= 0.6 is 11.6 Å². The van der Waals surface area contributed by atoms with E-state index in [1.54, 1.807) is 30.3 Å². The molecule has 0 fully saturated rings. The minimum atomic E-state index is -0.758. The van der Waals surface area contributed by atoms with Crippen LogP contribution in [-0.4, -0.2) is 4.92 Å². The lowest BCUT2D eigenvalue weighted by molar-refractivity contribution is -0.434. The quantitative estimate of drug-likeness (QED) is 0.474. The fourth-order valence-electron chi connectivity index (χ4n) is 2.96. The average molecular weight is 338 g/mol. The van der Waals surface area contributed by atoms with Gasteiger partial charge in [0, 0.05) is 22.2 Å². The second kappa shape index (κ2) is 5.65. The van der Waals surface area contributed by atoms with Gasteiger partial charge in [-0.05, 0) is 29.0 Å². The minimum absolute atomic E-state index is 0.0150. The molecule has 1 aliphatic rings. The summed E-state index contributed by atoms with van der Waals surface area (Å²) < 4.78 is 5.99. The molecule has 118 valence electrons. The van der Waals surface area contributed by atoms with Crippen molar-refractivity contribution in [3.05, 3.63) is 92.6 Å². The van der Waals surface area contributed by atoms with Gasteiger partial charge < -0.3 is 4.74 Å². The second-order valence-electron chi connectivity index (χ2n) is 5.57. The molecule has 24 heavy (non-hydrogen) atoms. The van der Waals surface area contributed by atoms with Crippen LogP contribution in [-0.2, 0) is 0 Å². The highest BCUT2D eigenvalue weighted by Gasteiger charge is 2.33. The Morgan fingerprint density at radius 1 is 1.00 bits per heavy atom. The number of ether oxygens (including phenoxy) is 1. The Labute approximate surface area is 143 Å². The van der Waals surface area contributed by atoms with Crippen LogP contribution in [0.3, 0.4) is 0 Å². The maximum Gasteiger partial charge on any atom is 0.291 e. The highest BCUT2D eigenvalue weighted by atomic mass is 35.5. The van der Waals surface area contributed by atoms with E-state index < -0.39 is 6.10 Å². The third-order valence-electron chi connectivity index (χ3n) is 4.12. The van der Waals surface area contributed by atoms with Crippen LogP contribution in [0.1, 0.15) is 17.2 Å². The number of nitro groups is 1. The molecule has 0 amide bonds. The van der Waals surface area contributed by atoms with Crippen molar-refractivity contribution in [2.45, 2.75) is 6.10 Å². The van der Waals surface area contributed by atoms with Gasteiger partial charge in [-0.3, -0.25) is 10.1 Å². The molecule has 1 aliphatic heterocycles. The number of benzene rings is 3. The summed E-state index contributed by atoms with van der Waals surface area (Å²) in [6.07, 6.45) is 0.853. The summed E-state index contributed by atoms with van der Waals surface area (Å²) in [6, 6.07) is 18.5. The van der Waals surface area contributed by atoms with Crippen molar-refractivity contribution in [3.63, 3.8) is 0 Å². The minimum Gasteiger partial charge on any atom is -0.474 e. The lowest BCUT2D eigenvalue weighted by Crippen LogP contribution is -2.19. The number of halogens is 1. The molecule has 3 aromatic carbocycles. The topological polar surface area (TPSA) is 52.4 Å². The zero-order chi connectivity index (χ0) is 16.7. The van der Waals surface area contributed by atoms with Crippen LogP contribution in [0.5, 0.6) is 5.75 Å². The first kappa shape index (κ1) is 14.7. The van der Waals surface area contributed by atoms with Crippen LogP contribution < -0.4 is 4.74 Å². The third-order valence-corrected chi connectivity index (χ3v) is 4.37. The Morgan fingerprint density at radius 3 is 2.50 bits per heavy atom. The molecule has 3 aromatic rings. The highest BCUT2D eigenvalue weighted by Crippen LogP contribution is 2.40. The summed E-state index contributed by atoms with van der Waals surface area (Å²) in [7, 11) is 0. The predicted molar refractivity (Wildman–Crippen MR) is 93.7 cm³/mol. The Bertz CT molecular complexity index is 980. The first-order valence-corrected chi connectivity index (χ1v) is 7.81. The number of hydrogen-bond acceptors (Lipinski definition) is 3. The number of rotatable bonds is 2. The molecule has 0 radical (unpaired) electrons. The van der Waals surface area contributed by atoms with E-state index in [4.69, 9.17) is 16.3 Å². The first-order valence-electron chi connectivity index (χ1n) is 7.43. The van der Waals surface area contributed by atoms with Crippen molar-refractivity contribution in [1.29, 1.82) is 0 Å². The normalized spacial score (nSPS) is 16.2. The summed E-state index contributed by atoms with van der Waals surface area (Å²) in [6.45, 7) is 0. The fourth-order valence-corrected chi connectivity index (χ4v) is 3.09. The molecule has 4 nitrogen and oxygen atoms in total. The Balaban J connectivity index is 1.90. The Kier molecular flexibility index (Phi) is 3.47. The van der Waals surface area contributed by atoms with Gasteiger partial charge in [0.05, 0.1) is 4.92 Å². The standard InChI is InChI=1S/C19H12ClNO3/c20-14-8-5-13(6-9-14)19-17(21(22)23)11-16-15-4-2-1-3-12(15)7-10-18(16)24-19/h1-11,19H/t19-/m1/s1. The third kappa shape index (κ3) is 2.41. The van der Waals surface area contributed by atoms with E-state index >= 15 is 0 Å². The smallest absolute Gasteiger partial charge is 0.291 e. The summed E-state index contributed by atoms with van der Waals surface area (Å²) in [5.41, 5.74) is 1.45. The van der Waals surface area contributed by atoms with Gasteiger partial charge >= 0.3 is 0 Å². The van der Waals surface area contributed by atoms with Crippen molar-refractivity contribution in [1.82, 2.24) is 0 Å². The van der Waals surface area contributed by atoms with E-state index in [0.717, 1.165) is 16.3 Å². The summed E-state index contributed by atoms with van der Waals surface area (Å²) >= 11 is 5.91. The van der Waals surface area contributed by atoms with Crippen LogP contribution in [0.15, 0.2) is 66.4 Å². The van der Waals surface area contributed by atoms with Crippen molar-refractivity contribution < 1.29 is 9.66 Å². The zero-order valence-corrected chi connectivity index (χ0v) is 13.2. The van der Waals surface area contributed by atoms with Crippen molar-refractivity contribution >= 4 is 28.4 Å². The van der Waals surface area contributed by atoms with Gasteiger partial charge in [0.2, 0.25) is 6.10 Å². The molecule has 0 saturated heterocycles. The predicted octanol–water partition coefficient (Wildman–Crippen LogP) is 5.24. The molecule has 0 unspecified atom stereocenters. The Hall–Kier alpha value is -2.85. The molecule has 5 heteroatoms. The van der Waals surface area contributed by atoms with Crippen molar-refractivity contribution in [2.75, 3.05) is 0 Å². The molecular formula is C19H12ClNO3. The van der Waals surface area contributed by atoms with Gasteiger partial charge in [-0.15, -0.1) is 0 Å². The highest BCUT2D eigenvalue weighted by molar-refractivity contribution is 6.30. The molecule has 1 atom stereocenters. The van der Waals surface area contributed by atoms with Gasteiger partial charge in [-0.25, -0.2) is 0 Å². The summed E-state index contributed by atoms with van der Waals surface area (Å²) in [5.74, 6) is 0.638. The molecule has 0 spiro atoms.